The van der Waals surface area contributed by atoms with Crippen LogP contribution >= 0.6 is 0 Å². The third-order valence-electron chi connectivity index (χ3n) is 3.71. The minimum atomic E-state index is -0.675. The molecule has 3 heteroatoms. The molecule has 0 aromatic carbocycles. The van der Waals surface area contributed by atoms with Gasteiger partial charge in [-0.1, -0.05) is 57.1 Å². The van der Waals surface area contributed by atoms with E-state index in [0.717, 1.165) is 32.1 Å². The standard InChI is InChI=1S/C18H34O3/c19-17-15-13-11-9-7-5-3-1-2-4-6-8-10-12-14-16-18(20)21/h1-2,19H,3-17H2,(H,20,21). The summed E-state index contributed by atoms with van der Waals surface area (Å²) in [5, 5.41) is 17.2. The molecule has 0 atom stereocenters. The Bertz CT molecular complexity index is 249. The predicted molar refractivity (Wildman–Crippen MR) is 88.5 cm³/mol. The van der Waals surface area contributed by atoms with Crippen LogP contribution < -0.4 is 0 Å². The highest BCUT2D eigenvalue weighted by Gasteiger charge is 1.95. The Balaban J connectivity index is 3.07. The Labute approximate surface area is 130 Å². The molecule has 0 saturated heterocycles. The molecule has 0 aliphatic rings. The lowest BCUT2D eigenvalue weighted by atomic mass is 10.1. The zero-order valence-electron chi connectivity index (χ0n) is 13.6. The van der Waals surface area contributed by atoms with E-state index in [4.69, 9.17) is 10.2 Å². The van der Waals surface area contributed by atoms with E-state index in [1.165, 1.54) is 51.4 Å². The van der Waals surface area contributed by atoms with Gasteiger partial charge in [-0.25, -0.2) is 0 Å². The summed E-state index contributed by atoms with van der Waals surface area (Å²) < 4.78 is 0. The molecule has 3 nitrogen and oxygen atoms in total. The maximum absolute atomic E-state index is 10.3. The van der Waals surface area contributed by atoms with E-state index in [1.807, 2.05) is 0 Å². The molecular weight excluding hydrogens is 264 g/mol. The van der Waals surface area contributed by atoms with E-state index in [1.54, 1.807) is 0 Å². The summed E-state index contributed by atoms with van der Waals surface area (Å²) in [5.74, 6) is -0.675. The molecule has 0 aliphatic carbocycles. The molecule has 0 bridgehead atoms. The molecule has 0 fully saturated rings. The summed E-state index contributed by atoms with van der Waals surface area (Å²) in [4.78, 5) is 10.3. The molecule has 0 aromatic heterocycles. The number of rotatable bonds is 16. The maximum atomic E-state index is 10.3. The molecule has 0 aliphatic heterocycles. The number of allylic oxidation sites excluding steroid dienone is 2. The number of unbranched alkanes of at least 4 members (excludes halogenated alkanes) is 11. The van der Waals surface area contributed by atoms with Crippen molar-refractivity contribution in [3.8, 4) is 0 Å². The predicted octanol–water partition coefficient (Wildman–Crippen LogP) is 5.08. The fourth-order valence-corrected chi connectivity index (χ4v) is 2.39. The van der Waals surface area contributed by atoms with Crippen LogP contribution in [0.25, 0.3) is 0 Å². The third kappa shape index (κ3) is 19.2. The van der Waals surface area contributed by atoms with Crippen LogP contribution in [0.15, 0.2) is 12.2 Å². The van der Waals surface area contributed by atoms with Crippen molar-refractivity contribution in [2.75, 3.05) is 6.61 Å². The van der Waals surface area contributed by atoms with Crippen LogP contribution in [-0.2, 0) is 4.79 Å². The van der Waals surface area contributed by atoms with Gasteiger partial charge < -0.3 is 10.2 Å². The maximum Gasteiger partial charge on any atom is 0.303 e. The van der Waals surface area contributed by atoms with Gasteiger partial charge in [0.1, 0.15) is 0 Å². The minimum absolute atomic E-state index is 0.319. The highest BCUT2D eigenvalue weighted by molar-refractivity contribution is 5.66. The van der Waals surface area contributed by atoms with E-state index in [-0.39, 0.29) is 0 Å². The van der Waals surface area contributed by atoms with Gasteiger partial charge in [0.25, 0.3) is 0 Å². The molecule has 0 radical (unpaired) electrons. The van der Waals surface area contributed by atoms with Gasteiger partial charge in [-0.15, -0.1) is 0 Å². The molecule has 124 valence electrons. The Hall–Kier alpha value is -0.830. The van der Waals surface area contributed by atoms with Gasteiger partial charge in [0.2, 0.25) is 0 Å². The zero-order chi connectivity index (χ0) is 15.6. The number of carboxylic acids is 1. The fraction of sp³-hybridized carbons (Fsp3) is 0.833. The molecule has 0 amide bonds. The van der Waals surface area contributed by atoms with Crippen molar-refractivity contribution in [2.45, 2.75) is 89.9 Å². The van der Waals surface area contributed by atoms with Crippen molar-refractivity contribution >= 4 is 5.97 Å². The molecule has 0 unspecified atom stereocenters. The monoisotopic (exact) mass is 298 g/mol. The Morgan fingerprint density at radius 1 is 0.667 bits per heavy atom. The number of aliphatic hydroxyl groups is 1. The molecule has 2 N–H and O–H groups in total. The smallest absolute Gasteiger partial charge is 0.303 e. The van der Waals surface area contributed by atoms with Crippen LogP contribution in [-0.4, -0.2) is 22.8 Å². The van der Waals surface area contributed by atoms with Crippen molar-refractivity contribution in [3.63, 3.8) is 0 Å². The molecule has 0 spiro atoms. The first kappa shape index (κ1) is 20.2. The Morgan fingerprint density at radius 3 is 1.57 bits per heavy atom. The topological polar surface area (TPSA) is 57.5 Å². The van der Waals surface area contributed by atoms with E-state index in [0.29, 0.717) is 13.0 Å². The quantitative estimate of drug-likeness (QED) is 0.308. The van der Waals surface area contributed by atoms with E-state index < -0.39 is 5.97 Å². The first-order valence-electron chi connectivity index (χ1n) is 8.75. The SMILES string of the molecule is O=C(O)CCCCCCCC=CCCCCCCCCO. The number of carbonyl (C=O) groups is 1. The van der Waals surface area contributed by atoms with Gasteiger partial charge in [-0.3, -0.25) is 4.79 Å². The zero-order valence-corrected chi connectivity index (χ0v) is 13.6. The van der Waals surface area contributed by atoms with Crippen molar-refractivity contribution in [2.24, 2.45) is 0 Å². The van der Waals surface area contributed by atoms with Crippen LogP contribution in [0, 0.1) is 0 Å². The number of hydrogen-bond donors (Lipinski definition) is 2. The number of aliphatic hydroxyl groups excluding tert-OH is 1. The summed E-state index contributed by atoms with van der Waals surface area (Å²) in [6.45, 7) is 0.336. The van der Waals surface area contributed by atoms with E-state index >= 15 is 0 Å². The molecule has 0 rings (SSSR count). The lowest BCUT2D eigenvalue weighted by Gasteiger charge is -1.99. The second kappa shape index (κ2) is 17.2. The molecule has 0 heterocycles. The fourth-order valence-electron chi connectivity index (χ4n) is 2.39. The third-order valence-corrected chi connectivity index (χ3v) is 3.71. The molecule has 0 saturated carbocycles. The normalized spacial score (nSPS) is 11.3. The lowest BCUT2D eigenvalue weighted by Crippen LogP contribution is -1.93. The van der Waals surface area contributed by atoms with Crippen LogP contribution in [0.4, 0.5) is 0 Å². The lowest BCUT2D eigenvalue weighted by molar-refractivity contribution is -0.137. The largest absolute Gasteiger partial charge is 0.481 e. The number of aliphatic carboxylic acids is 1. The summed E-state index contributed by atoms with van der Waals surface area (Å²) in [7, 11) is 0. The average Bonchev–Trinajstić information content (AvgIpc) is 2.46. The van der Waals surface area contributed by atoms with Crippen LogP contribution in [0.3, 0.4) is 0 Å². The van der Waals surface area contributed by atoms with Gasteiger partial charge >= 0.3 is 5.97 Å². The number of hydrogen-bond acceptors (Lipinski definition) is 2. The minimum Gasteiger partial charge on any atom is -0.481 e. The van der Waals surface area contributed by atoms with Gasteiger partial charge in [-0.2, -0.15) is 0 Å². The van der Waals surface area contributed by atoms with Crippen molar-refractivity contribution in [1.82, 2.24) is 0 Å². The van der Waals surface area contributed by atoms with Gasteiger partial charge in [0.05, 0.1) is 0 Å². The van der Waals surface area contributed by atoms with Crippen LogP contribution in [0.1, 0.15) is 89.9 Å². The first-order valence-corrected chi connectivity index (χ1v) is 8.75. The van der Waals surface area contributed by atoms with E-state index in [9.17, 15) is 4.79 Å². The highest BCUT2D eigenvalue weighted by atomic mass is 16.4. The second-order valence-corrected chi connectivity index (χ2v) is 5.81. The van der Waals surface area contributed by atoms with Crippen molar-refractivity contribution < 1.29 is 15.0 Å². The molecular formula is C18H34O3. The van der Waals surface area contributed by atoms with Crippen LogP contribution in [0.2, 0.25) is 0 Å². The van der Waals surface area contributed by atoms with E-state index in [2.05, 4.69) is 12.2 Å². The van der Waals surface area contributed by atoms with Gasteiger partial charge in [0.15, 0.2) is 0 Å². The van der Waals surface area contributed by atoms with Crippen molar-refractivity contribution in [3.05, 3.63) is 12.2 Å². The highest BCUT2D eigenvalue weighted by Crippen LogP contribution is 2.09. The summed E-state index contributed by atoms with van der Waals surface area (Å²) in [5.41, 5.74) is 0. The molecule has 0 aromatic rings. The Kier molecular flexibility index (Phi) is 16.5. The Morgan fingerprint density at radius 2 is 1.10 bits per heavy atom. The summed E-state index contributed by atoms with van der Waals surface area (Å²) >= 11 is 0. The van der Waals surface area contributed by atoms with Gasteiger partial charge in [-0.05, 0) is 38.5 Å². The van der Waals surface area contributed by atoms with Crippen LogP contribution in [0.5, 0.6) is 0 Å². The molecule has 21 heavy (non-hydrogen) atoms. The second-order valence-electron chi connectivity index (χ2n) is 5.81. The number of carboxylic acid groups (broad SMARTS) is 1. The summed E-state index contributed by atoms with van der Waals surface area (Å²) in [6, 6.07) is 0. The first-order chi connectivity index (χ1) is 10.3. The van der Waals surface area contributed by atoms with Crippen molar-refractivity contribution in [1.29, 1.82) is 0 Å². The van der Waals surface area contributed by atoms with Gasteiger partial charge in [0, 0.05) is 13.0 Å². The average molecular weight is 298 g/mol. The summed E-state index contributed by atoms with van der Waals surface area (Å²) in [6.07, 6.45) is 20.0.